The molecule has 20 heteroatoms. The van der Waals surface area contributed by atoms with Gasteiger partial charge in [0, 0.05) is 35.3 Å². The third kappa shape index (κ3) is 10.7. The van der Waals surface area contributed by atoms with Crippen molar-refractivity contribution in [2.75, 3.05) is 13.1 Å². The van der Waals surface area contributed by atoms with Crippen LogP contribution in [-0.2, 0) is 22.7 Å². The molecule has 2 atom stereocenters. The lowest BCUT2D eigenvalue weighted by atomic mass is 10.0. The average Bonchev–Trinajstić information content (AvgIpc) is 4.07. The number of halogens is 2. The van der Waals surface area contributed by atoms with Gasteiger partial charge in [0.05, 0.1) is 13.1 Å². The summed E-state index contributed by atoms with van der Waals surface area (Å²) in [6.07, 6.45) is 12.3. The highest BCUT2D eigenvalue weighted by Gasteiger charge is 2.32. The van der Waals surface area contributed by atoms with E-state index in [4.69, 9.17) is 32.2 Å². The van der Waals surface area contributed by atoms with E-state index in [0.717, 1.165) is 60.8 Å². The Balaban J connectivity index is 0.000000181. The van der Waals surface area contributed by atoms with Gasteiger partial charge in [-0.15, -0.1) is 20.4 Å². The highest BCUT2D eigenvalue weighted by atomic mass is 35.5. The quantitative estimate of drug-likeness (QED) is 0.139. The molecule has 0 N–H and O–H groups in total. The van der Waals surface area contributed by atoms with Crippen LogP contribution in [0.15, 0.2) is 57.6 Å². The van der Waals surface area contributed by atoms with Crippen LogP contribution in [0.5, 0.6) is 0 Å². The van der Waals surface area contributed by atoms with Crippen molar-refractivity contribution in [3.05, 3.63) is 116 Å². The minimum Gasteiger partial charge on any atom is -0.337 e. The fraction of sp³-hybridized carbons (Fsp3) is 0.400. The molecule has 0 spiro atoms. The minimum atomic E-state index is -0.191. The summed E-state index contributed by atoms with van der Waals surface area (Å²) >= 11 is 12.3. The summed E-state index contributed by atoms with van der Waals surface area (Å²) < 4.78 is 10.7. The maximum Gasteiger partial charge on any atom is 0.249 e. The Morgan fingerprint density at radius 3 is 1.45 bits per heavy atom. The van der Waals surface area contributed by atoms with Gasteiger partial charge in [0.2, 0.25) is 23.6 Å². The topological polar surface area (TPSA) is 206 Å². The zero-order valence-electron chi connectivity index (χ0n) is 33.6. The van der Waals surface area contributed by atoms with Crippen LogP contribution in [0, 0.1) is 27.7 Å². The molecule has 18 nitrogen and oxygen atoms in total. The summed E-state index contributed by atoms with van der Waals surface area (Å²) in [6, 6.07) is 10.6. The summed E-state index contributed by atoms with van der Waals surface area (Å²) in [5, 5.41) is 33.2. The number of rotatable bonds is 10. The van der Waals surface area contributed by atoms with Crippen LogP contribution in [0.4, 0.5) is 0 Å². The molecule has 2 aromatic carbocycles. The Labute approximate surface area is 355 Å². The van der Waals surface area contributed by atoms with E-state index in [2.05, 4.69) is 51.1 Å². The number of carbonyl (C=O) groups is 2. The lowest BCUT2D eigenvalue weighted by Crippen LogP contribution is -2.37. The Kier molecular flexibility index (Phi) is 13.5. The molecule has 4 aromatic heterocycles. The molecular formula is C40H44Cl2N14O4. The number of piperidine rings is 2. The summed E-state index contributed by atoms with van der Waals surface area (Å²) in [5.74, 6) is 3.14. The molecular weight excluding hydrogens is 811 g/mol. The van der Waals surface area contributed by atoms with Crippen molar-refractivity contribution in [2.24, 2.45) is 0 Å². The predicted molar refractivity (Wildman–Crippen MR) is 219 cm³/mol. The highest BCUT2D eigenvalue weighted by molar-refractivity contribution is 6.31. The Morgan fingerprint density at radius 1 is 0.650 bits per heavy atom. The van der Waals surface area contributed by atoms with E-state index in [-0.39, 0.29) is 23.9 Å². The van der Waals surface area contributed by atoms with Crippen molar-refractivity contribution in [3.63, 3.8) is 0 Å². The lowest BCUT2D eigenvalue weighted by molar-refractivity contribution is -0.131. The van der Waals surface area contributed by atoms with Crippen LogP contribution < -0.4 is 0 Å². The first-order chi connectivity index (χ1) is 29.0. The Bertz CT molecular complexity index is 2320. The SMILES string of the molecule is Cc1noc([C@@H]2CCCCN2C(=O)/C=C/c2ccc(Cl)cc2Cn2nnc(C)n2)n1.Cc1noc([C@H]2CCCCN2C(=O)/C=C/c2ccc(Cl)cc2Cn2nnc(C)n2)n1. The monoisotopic (exact) mass is 854 g/mol. The van der Waals surface area contributed by atoms with Crippen LogP contribution in [0.3, 0.4) is 0 Å². The van der Waals surface area contributed by atoms with Crippen molar-refractivity contribution < 1.29 is 18.6 Å². The van der Waals surface area contributed by atoms with Gasteiger partial charge in [-0.2, -0.15) is 19.6 Å². The number of amides is 2. The number of aromatic nitrogens is 12. The van der Waals surface area contributed by atoms with Gasteiger partial charge in [-0.1, -0.05) is 45.6 Å². The van der Waals surface area contributed by atoms with Crippen LogP contribution in [0.1, 0.15) is 108 Å². The van der Waals surface area contributed by atoms with E-state index >= 15 is 0 Å². The van der Waals surface area contributed by atoms with Gasteiger partial charge in [-0.25, -0.2) is 0 Å². The zero-order valence-corrected chi connectivity index (χ0v) is 35.2. The van der Waals surface area contributed by atoms with Crippen molar-refractivity contribution in [1.82, 2.24) is 70.5 Å². The van der Waals surface area contributed by atoms with Gasteiger partial charge in [-0.3, -0.25) is 9.59 Å². The first kappa shape index (κ1) is 42.0. The molecule has 0 aliphatic carbocycles. The molecule has 0 radical (unpaired) electrons. The Morgan fingerprint density at radius 2 is 1.08 bits per heavy atom. The largest absolute Gasteiger partial charge is 0.337 e. The lowest BCUT2D eigenvalue weighted by Gasteiger charge is -2.32. The third-order valence-corrected chi connectivity index (χ3v) is 10.4. The predicted octanol–water partition coefficient (Wildman–Crippen LogP) is 6.28. The van der Waals surface area contributed by atoms with E-state index < -0.39 is 0 Å². The highest BCUT2D eigenvalue weighted by Crippen LogP contribution is 2.32. The molecule has 0 saturated carbocycles. The van der Waals surface area contributed by atoms with Crippen LogP contribution >= 0.6 is 23.2 Å². The van der Waals surface area contributed by atoms with E-state index in [9.17, 15) is 9.59 Å². The van der Waals surface area contributed by atoms with Gasteiger partial charge < -0.3 is 18.8 Å². The number of aryl methyl sites for hydroxylation is 4. The number of carbonyl (C=O) groups excluding carboxylic acids is 2. The fourth-order valence-electron chi connectivity index (χ4n) is 7.15. The van der Waals surface area contributed by atoms with Crippen molar-refractivity contribution in [1.29, 1.82) is 0 Å². The second-order valence-electron chi connectivity index (χ2n) is 14.5. The number of tetrazole rings is 2. The van der Waals surface area contributed by atoms with Crippen LogP contribution in [0.2, 0.25) is 10.0 Å². The number of hydrogen-bond acceptors (Lipinski definition) is 14. The molecule has 0 bridgehead atoms. The zero-order chi connectivity index (χ0) is 42.2. The first-order valence-electron chi connectivity index (χ1n) is 19.6. The third-order valence-electron chi connectivity index (χ3n) is 9.98. The van der Waals surface area contributed by atoms with Crippen LogP contribution in [-0.4, -0.2) is 95.4 Å². The Hall–Kier alpha value is -6.14. The van der Waals surface area contributed by atoms with Gasteiger partial charge >= 0.3 is 0 Å². The molecule has 312 valence electrons. The van der Waals surface area contributed by atoms with Crippen molar-refractivity contribution in [2.45, 2.75) is 91.4 Å². The summed E-state index contributed by atoms with van der Waals surface area (Å²) in [4.78, 5) is 41.2. The summed E-state index contributed by atoms with van der Waals surface area (Å²) in [6.45, 7) is 9.23. The second-order valence-corrected chi connectivity index (χ2v) is 15.4. The van der Waals surface area contributed by atoms with Crippen molar-refractivity contribution >= 4 is 47.2 Å². The van der Waals surface area contributed by atoms with Gasteiger partial charge in [0.25, 0.3) is 0 Å². The van der Waals surface area contributed by atoms with Crippen LogP contribution in [0.25, 0.3) is 12.2 Å². The second kappa shape index (κ2) is 19.3. The maximum absolute atomic E-state index is 13.0. The number of benzene rings is 2. The fourth-order valence-corrected chi connectivity index (χ4v) is 7.54. The maximum atomic E-state index is 13.0. The van der Waals surface area contributed by atoms with E-state index in [1.54, 1.807) is 73.9 Å². The molecule has 6 heterocycles. The minimum absolute atomic E-state index is 0.0915. The molecule has 2 aliphatic heterocycles. The molecule has 2 aliphatic rings. The summed E-state index contributed by atoms with van der Waals surface area (Å²) in [5.41, 5.74) is 3.52. The van der Waals surface area contributed by atoms with Crippen molar-refractivity contribution in [3.8, 4) is 0 Å². The normalized spacial score (nSPS) is 17.0. The standard InChI is InChI=1S/2C20H22ClN7O2/c2*1-13-22-20(30-25-13)18-5-3-4-10-27(18)19(29)9-7-15-6-8-17(21)11-16(15)12-28-24-14(2)23-26-28/h2*6-9,11,18H,3-5,10,12H2,1-2H3/b2*9-7+/t2*18-/m10/s1. The summed E-state index contributed by atoms with van der Waals surface area (Å²) in [7, 11) is 0. The van der Waals surface area contributed by atoms with E-state index in [1.807, 2.05) is 24.3 Å². The smallest absolute Gasteiger partial charge is 0.249 e. The number of likely N-dealkylation sites (tertiary alicyclic amines) is 2. The molecule has 0 unspecified atom stereocenters. The van der Waals surface area contributed by atoms with Gasteiger partial charge in [0.15, 0.2) is 23.3 Å². The van der Waals surface area contributed by atoms with E-state index in [0.29, 0.717) is 71.3 Å². The molecule has 2 fully saturated rings. The van der Waals surface area contributed by atoms with E-state index in [1.165, 1.54) is 9.59 Å². The van der Waals surface area contributed by atoms with Gasteiger partial charge in [0.1, 0.15) is 12.1 Å². The van der Waals surface area contributed by atoms with Gasteiger partial charge in [-0.05, 0) is 135 Å². The number of nitrogens with zero attached hydrogens (tertiary/aromatic N) is 14. The molecule has 8 rings (SSSR count). The average molecular weight is 856 g/mol. The number of hydrogen-bond donors (Lipinski definition) is 0. The molecule has 6 aromatic rings. The molecule has 60 heavy (non-hydrogen) atoms. The molecule has 2 saturated heterocycles. The molecule has 2 amide bonds. The first-order valence-corrected chi connectivity index (χ1v) is 20.4.